The summed E-state index contributed by atoms with van der Waals surface area (Å²) in [7, 11) is 0. The van der Waals surface area contributed by atoms with Crippen LogP contribution in [0.25, 0.3) is 11.3 Å². The second kappa shape index (κ2) is 5.09. The topological polar surface area (TPSA) is 4.93 Å². The van der Waals surface area contributed by atoms with Gasteiger partial charge in [-0.25, -0.2) is 0 Å². The van der Waals surface area contributed by atoms with Gasteiger partial charge in [0.05, 0.1) is 5.69 Å². The minimum Gasteiger partial charge on any atom is -0.343 e. The number of hydrogen-bond donors (Lipinski definition) is 0. The second-order valence-corrected chi connectivity index (χ2v) is 6.04. The molecule has 1 nitrogen and oxygen atoms in total. The third-order valence-corrected chi connectivity index (χ3v) is 4.50. The minimum absolute atomic E-state index is 0.790. The van der Waals surface area contributed by atoms with Gasteiger partial charge in [0.15, 0.2) is 0 Å². The summed E-state index contributed by atoms with van der Waals surface area (Å²) in [6.45, 7) is 0.890. The molecule has 0 radical (unpaired) electrons. The van der Waals surface area contributed by atoms with E-state index in [9.17, 15) is 0 Å². The zero-order chi connectivity index (χ0) is 14.2. The average molecular weight is 294 g/mol. The Kier molecular flexibility index (Phi) is 3.08. The van der Waals surface area contributed by atoms with E-state index in [1.54, 1.807) is 0 Å². The first kappa shape index (κ1) is 12.7. The van der Waals surface area contributed by atoms with Crippen LogP contribution in [0.2, 0.25) is 5.02 Å². The lowest BCUT2D eigenvalue weighted by Gasteiger charge is -2.19. The number of hydrogen-bond acceptors (Lipinski definition) is 0. The third-order valence-electron chi connectivity index (χ3n) is 4.25. The van der Waals surface area contributed by atoms with E-state index in [4.69, 9.17) is 11.6 Å². The van der Waals surface area contributed by atoms with Gasteiger partial charge >= 0.3 is 0 Å². The Labute approximate surface area is 129 Å². The van der Waals surface area contributed by atoms with E-state index in [0.717, 1.165) is 24.4 Å². The summed E-state index contributed by atoms with van der Waals surface area (Å²) >= 11 is 5.97. The average Bonchev–Trinajstić information content (AvgIpc) is 2.93. The molecular weight excluding hydrogens is 278 g/mol. The maximum absolute atomic E-state index is 5.97. The molecule has 0 saturated heterocycles. The number of rotatable bonds is 2. The highest BCUT2D eigenvalue weighted by Gasteiger charge is 2.19. The first-order valence-corrected chi connectivity index (χ1v) is 7.70. The normalized spacial score (nSPS) is 12.8. The summed E-state index contributed by atoms with van der Waals surface area (Å²) in [4.78, 5) is 0. The molecule has 2 aromatic carbocycles. The summed E-state index contributed by atoms with van der Waals surface area (Å²) in [5.74, 6) is 0. The lowest BCUT2D eigenvalue weighted by molar-refractivity contribution is 0.800. The molecular formula is C19H16ClN. The smallest absolute Gasteiger partial charge is 0.0518 e. The van der Waals surface area contributed by atoms with Gasteiger partial charge < -0.3 is 4.57 Å². The van der Waals surface area contributed by atoms with Crippen molar-refractivity contribution in [1.29, 1.82) is 0 Å². The fourth-order valence-corrected chi connectivity index (χ4v) is 3.33. The van der Waals surface area contributed by atoms with Crippen LogP contribution in [0.15, 0.2) is 60.8 Å². The molecule has 0 fully saturated rings. The van der Waals surface area contributed by atoms with Gasteiger partial charge in [0.1, 0.15) is 0 Å². The summed E-state index contributed by atoms with van der Waals surface area (Å²) in [6, 6.07) is 19.1. The summed E-state index contributed by atoms with van der Waals surface area (Å²) < 4.78 is 2.36. The van der Waals surface area contributed by atoms with Crippen LogP contribution in [0.1, 0.15) is 16.7 Å². The predicted molar refractivity (Wildman–Crippen MR) is 87.8 cm³/mol. The molecule has 3 aromatic rings. The zero-order valence-corrected chi connectivity index (χ0v) is 12.5. The maximum Gasteiger partial charge on any atom is 0.0518 e. The Morgan fingerprint density at radius 1 is 0.857 bits per heavy atom. The standard InChI is InChI=1S/C19H16ClN/c20-17-9-5-14(6-10-17)13-21-12-11-16-8-7-15-3-1-2-4-18(15)19(16)21/h1-6,9-12H,7-8,13H2. The van der Waals surface area contributed by atoms with Crippen molar-refractivity contribution in [3.05, 3.63) is 82.5 Å². The van der Waals surface area contributed by atoms with Crippen molar-refractivity contribution in [2.24, 2.45) is 0 Å². The van der Waals surface area contributed by atoms with E-state index in [2.05, 4.69) is 53.2 Å². The highest BCUT2D eigenvalue weighted by Crippen LogP contribution is 2.34. The van der Waals surface area contributed by atoms with Crippen LogP contribution in [0.4, 0.5) is 0 Å². The molecule has 0 spiro atoms. The van der Waals surface area contributed by atoms with Crippen molar-refractivity contribution in [2.45, 2.75) is 19.4 Å². The molecule has 1 heterocycles. The lowest BCUT2D eigenvalue weighted by Crippen LogP contribution is -2.07. The van der Waals surface area contributed by atoms with Crippen molar-refractivity contribution in [3.63, 3.8) is 0 Å². The van der Waals surface area contributed by atoms with Crippen molar-refractivity contribution in [3.8, 4) is 11.3 Å². The maximum atomic E-state index is 5.97. The highest BCUT2D eigenvalue weighted by molar-refractivity contribution is 6.30. The number of aryl methyl sites for hydroxylation is 2. The molecule has 0 unspecified atom stereocenters. The molecule has 104 valence electrons. The minimum atomic E-state index is 0.790. The third kappa shape index (κ3) is 2.28. The highest BCUT2D eigenvalue weighted by atomic mass is 35.5. The van der Waals surface area contributed by atoms with Gasteiger partial charge in [-0.2, -0.15) is 0 Å². The Bertz CT molecular complexity index is 784. The van der Waals surface area contributed by atoms with Crippen molar-refractivity contribution >= 4 is 11.6 Å². The first-order valence-electron chi connectivity index (χ1n) is 7.32. The van der Waals surface area contributed by atoms with Crippen LogP contribution < -0.4 is 0 Å². The Morgan fingerprint density at radius 3 is 2.48 bits per heavy atom. The first-order chi connectivity index (χ1) is 10.3. The van der Waals surface area contributed by atoms with Gasteiger partial charge in [-0.3, -0.25) is 0 Å². The molecule has 4 rings (SSSR count). The number of fused-ring (bicyclic) bond motifs is 3. The predicted octanol–water partition coefficient (Wildman–Crippen LogP) is 4.96. The van der Waals surface area contributed by atoms with E-state index in [-0.39, 0.29) is 0 Å². The van der Waals surface area contributed by atoms with E-state index >= 15 is 0 Å². The van der Waals surface area contributed by atoms with E-state index < -0.39 is 0 Å². The Morgan fingerprint density at radius 2 is 1.62 bits per heavy atom. The van der Waals surface area contributed by atoms with Gasteiger partial charge in [0, 0.05) is 23.3 Å². The van der Waals surface area contributed by atoms with Crippen LogP contribution in [0.3, 0.4) is 0 Å². The van der Waals surface area contributed by atoms with E-state index in [0.29, 0.717) is 0 Å². The SMILES string of the molecule is Clc1ccc(Cn2ccc3c2-c2ccccc2CC3)cc1. The van der Waals surface area contributed by atoms with Crippen LogP contribution in [0.5, 0.6) is 0 Å². The number of aromatic nitrogens is 1. The van der Waals surface area contributed by atoms with Crippen LogP contribution in [0, 0.1) is 0 Å². The van der Waals surface area contributed by atoms with Crippen molar-refractivity contribution in [2.75, 3.05) is 0 Å². The number of nitrogens with zero attached hydrogens (tertiary/aromatic N) is 1. The molecule has 0 aliphatic heterocycles. The summed E-state index contributed by atoms with van der Waals surface area (Å²) in [5, 5.41) is 0.790. The molecule has 0 amide bonds. The van der Waals surface area contributed by atoms with Crippen molar-refractivity contribution in [1.82, 2.24) is 4.57 Å². The van der Waals surface area contributed by atoms with Gasteiger partial charge in [-0.1, -0.05) is 48.0 Å². The molecule has 0 atom stereocenters. The molecule has 0 N–H and O–H groups in total. The lowest BCUT2D eigenvalue weighted by atomic mass is 9.90. The second-order valence-electron chi connectivity index (χ2n) is 5.60. The molecule has 0 bridgehead atoms. The largest absolute Gasteiger partial charge is 0.343 e. The van der Waals surface area contributed by atoms with E-state index in [1.165, 1.54) is 27.9 Å². The Hall–Kier alpha value is -1.99. The molecule has 0 saturated carbocycles. The summed E-state index contributed by atoms with van der Waals surface area (Å²) in [6.07, 6.45) is 4.50. The molecule has 21 heavy (non-hydrogen) atoms. The van der Waals surface area contributed by atoms with Crippen LogP contribution in [-0.4, -0.2) is 4.57 Å². The summed E-state index contributed by atoms with van der Waals surface area (Å²) in [5.41, 5.74) is 6.97. The monoisotopic (exact) mass is 293 g/mol. The van der Waals surface area contributed by atoms with Gasteiger partial charge in [-0.05, 0) is 47.7 Å². The van der Waals surface area contributed by atoms with Gasteiger partial charge in [-0.15, -0.1) is 0 Å². The van der Waals surface area contributed by atoms with Gasteiger partial charge in [0.2, 0.25) is 0 Å². The molecule has 2 heteroatoms. The molecule has 1 aliphatic rings. The van der Waals surface area contributed by atoms with Gasteiger partial charge in [0.25, 0.3) is 0 Å². The fourth-order valence-electron chi connectivity index (χ4n) is 3.20. The van der Waals surface area contributed by atoms with Crippen LogP contribution >= 0.6 is 11.6 Å². The van der Waals surface area contributed by atoms with Crippen molar-refractivity contribution < 1.29 is 0 Å². The quantitative estimate of drug-likeness (QED) is 0.629. The number of benzene rings is 2. The number of halogens is 1. The zero-order valence-electron chi connectivity index (χ0n) is 11.7. The Balaban J connectivity index is 1.76. The van der Waals surface area contributed by atoms with Crippen LogP contribution in [-0.2, 0) is 19.4 Å². The van der Waals surface area contributed by atoms with E-state index in [1.807, 2.05) is 12.1 Å². The fraction of sp³-hybridized carbons (Fsp3) is 0.158. The molecule has 1 aromatic heterocycles. The molecule has 1 aliphatic carbocycles.